The van der Waals surface area contributed by atoms with Crippen molar-refractivity contribution in [3.8, 4) is 5.75 Å². The summed E-state index contributed by atoms with van der Waals surface area (Å²) in [7, 11) is 0. The van der Waals surface area contributed by atoms with Crippen LogP contribution in [0, 0.1) is 0 Å². The van der Waals surface area contributed by atoms with Gasteiger partial charge < -0.3 is 4.74 Å². The topological polar surface area (TPSA) is 26.3 Å². The van der Waals surface area contributed by atoms with E-state index in [1.165, 1.54) is 0 Å². The van der Waals surface area contributed by atoms with Crippen molar-refractivity contribution < 1.29 is 9.53 Å². The van der Waals surface area contributed by atoms with E-state index in [-0.39, 0.29) is 3.98 Å². The highest BCUT2D eigenvalue weighted by Gasteiger charge is 2.04. The zero-order chi connectivity index (χ0) is 9.68. The molecule has 1 aromatic carbocycles. The first-order chi connectivity index (χ1) is 6.24. The van der Waals surface area contributed by atoms with E-state index in [2.05, 4.69) is 0 Å². The summed E-state index contributed by atoms with van der Waals surface area (Å²) in [4.78, 5) is 10.7. The number of hydrogen-bond acceptors (Lipinski definition) is 3. The Bertz CT molecular complexity index is 301. The number of benzene rings is 1. The molecule has 13 heavy (non-hydrogen) atoms. The molecule has 0 aliphatic rings. The number of halogens is 1. The molecule has 70 valence electrons. The second kappa shape index (κ2) is 5.49. The number of ether oxygens (including phenoxy) is 1. The van der Waals surface area contributed by atoms with Crippen molar-refractivity contribution in [2.24, 2.45) is 0 Å². The Kier molecular flexibility index (Phi) is 4.58. The molecule has 0 unspecified atom stereocenters. The van der Waals surface area contributed by atoms with Gasteiger partial charge in [0.15, 0.2) is 0 Å². The number of para-hydroxylation sites is 1. The molecular weight excluding hydrogens is 299 g/mol. The van der Waals surface area contributed by atoms with Crippen LogP contribution in [0.3, 0.4) is 0 Å². The second-order valence-electron chi connectivity index (χ2n) is 2.38. The Morgan fingerprint density at radius 1 is 1.54 bits per heavy atom. The predicted molar refractivity (Wildman–Crippen MR) is 63.7 cm³/mol. The fourth-order valence-corrected chi connectivity index (χ4v) is 1.75. The lowest BCUT2D eigenvalue weighted by Crippen LogP contribution is -1.98. The quantitative estimate of drug-likeness (QED) is 0.632. The standard InChI is InChI=1S/C9H9IO2S/c1-13-6-7-4-2-3-5-8(7)12-9(10)11/h2-5H,6H2,1H3. The first-order valence-electron chi connectivity index (χ1n) is 3.68. The largest absolute Gasteiger partial charge is 0.419 e. The van der Waals surface area contributed by atoms with Crippen molar-refractivity contribution in [1.29, 1.82) is 0 Å². The highest BCUT2D eigenvalue weighted by atomic mass is 127. The maximum atomic E-state index is 10.7. The summed E-state index contributed by atoms with van der Waals surface area (Å²) in [5.74, 6) is 1.52. The zero-order valence-electron chi connectivity index (χ0n) is 7.12. The van der Waals surface area contributed by atoms with Crippen LogP contribution in [0.4, 0.5) is 4.79 Å². The van der Waals surface area contributed by atoms with Crippen molar-refractivity contribution in [2.45, 2.75) is 5.75 Å². The number of carbonyl (C=O) groups is 1. The smallest absolute Gasteiger partial charge is 0.372 e. The maximum absolute atomic E-state index is 10.7. The van der Waals surface area contributed by atoms with E-state index in [0.717, 1.165) is 11.3 Å². The van der Waals surface area contributed by atoms with Gasteiger partial charge in [-0.3, -0.25) is 0 Å². The van der Waals surface area contributed by atoms with E-state index >= 15 is 0 Å². The second-order valence-corrected chi connectivity index (χ2v) is 4.13. The highest BCUT2D eigenvalue weighted by Crippen LogP contribution is 2.22. The molecule has 0 fully saturated rings. The van der Waals surface area contributed by atoms with Gasteiger partial charge in [-0.05, 0) is 12.3 Å². The summed E-state index contributed by atoms with van der Waals surface area (Å²) in [5.41, 5.74) is 1.06. The molecular formula is C9H9IO2S. The van der Waals surface area contributed by atoms with E-state index in [1.807, 2.05) is 30.5 Å². The van der Waals surface area contributed by atoms with Crippen molar-refractivity contribution in [2.75, 3.05) is 6.26 Å². The van der Waals surface area contributed by atoms with Gasteiger partial charge in [0.1, 0.15) is 5.75 Å². The summed E-state index contributed by atoms with van der Waals surface area (Å²) < 4.78 is 4.73. The van der Waals surface area contributed by atoms with Crippen LogP contribution in [0.1, 0.15) is 5.56 Å². The third kappa shape index (κ3) is 3.56. The van der Waals surface area contributed by atoms with Gasteiger partial charge in [0.05, 0.1) is 22.6 Å². The Morgan fingerprint density at radius 2 is 2.23 bits per heavy atom. The van der Waals surface area contributed by atoms with Crippen LogP contribution in [0.5, 0.6) is 5.75 Å². The Morgan fingerprint density at radius 3 is 2.85 bits per heavy atom. The van der Waals surface area contributed by atoms with Gasteiger partial charge in [0, 0.05) is 11.3 Å². The molecule has 0 spiro atoms. The molecule has 0 aliphatic heterocycles. The van der Waals surface area contributed by atoms with Crippen LogP contribution in [0.2, 0.25) is 0 Å². The van der Waals surface area contributed by atoms with Crippen molar-refractivity contribution >= 4 is 38.3 Å². The summed E-state index contributed by atoms with van der Waals surface area (Å²) in [6.45, 7) is 0. The first kappa shape index (κ1) is 10.8. The third-order valence-corrected chi connectivity index (χ3v) is 2.28. The first-order valence-corrected chi connectivity index (χ1v) is 6.15. The fourth-order valence-electron chi connectivity index (χ4n) is 0.965. The lowest BCUT2D eigenvalue weighted by Gasteiger charge is -2.05. The third-order valence-electron chi connectivity index (χ3n) is 1.46. The van der Waals surface area contributed by atoms with Gasteiger partial charge >= 0.3 is 3.98 Å². The predicted octanol–water partition coefficient (Wildman–Crippen LogP) is 3.48. The average Bonchev–Trinajstić information content (AvgIpc) is 2.08. The molecule has 0 saturated carbocycles. The maximum Gasteiger partial charge on any atom is 0.372 e. The van der Waals surface area contributed by atoms with E-state index < -0.39 is 0 Å². The average molecular weight is 308 g/mol. The molecule has 2 nitrogen and oxygen atoms in total. The summed E-state index contributed by atoms with van der Waals surface area (Å²) in [6.07, 6.45) is 2.02. The SMILES string of the molecule is CSCc1ccccc1OC(=O)I. The summed E-state index contributed by atoms with van der Waals surface area (Å²) in [5, 5.41) is 0. The lowest BCUT2D eigenvalue weighted by molar-refractivity contribution is 0.230. The lowest BCUT2D eigenvalue weighted by atomic mass is 10.2. The number of thioether (sulfide) groups is 1. The van der Waals surface area contributed by atoms with E-state index in [4.69, 9.17) is 4.74 Å². The van der Waals surface area contributed by atoms with Crippen molar-refractivity contribution in [1.82, 2.24) is 0 Å². The molecule has 0 radical (unpaired) electrons. The number of hydrogen-bond donors (Lipinski definition) is 0. The Hall–Kier alpha value is -0.230. The minimum Gasteiger partial charge on any atom is -0.419 e. The highest BCUT2D eigenvalue weighted by molar-refractivity contribution is 14.1. The molecule has 0 aliphatic carbocycles. The summed E-state index contributed by atoms with van der Waals surface area (Å²) in [6, 6.07) is 7.57. The van der Waals surface area contributed by atoms with Gasteiger partial charge in [-0.25, -0.2) is 4.79 Å². The molecule has 0 saturated heterocycles. The molecule has 1 aromatic rings. The number of rotatable bonds is 3. The molecule has 0 atom stereocenters. The molecule has 1 rings (SSSR count). The van der Waals surface area contributed by atoms with E-state index in [1.54, 1.807) is 34.4 Å². The van der Waals surface area contributed by atoms with Gasteiger partial charge in [0.25, 0.3) is 0 Å². The normalized spacial score (nSPS) is 9.69. The minimum atomic E-state index is -0.300. The molecule has 4 heteroatoms. The van der Waals surface area contributed by atoms with E-state index in [0.29, 0.717) is 5.75 Å². The van der Waals surface area contributed by atoms with Gasteiger partial charge in [0.2, 0.25) is 0 Å². The van der Waals surface area contributed by atoms with Crippen LogP contribution in [-0.4, -0.2) is 10.2 Å². The van der Waals surface area contributed by atoms with Crippen LogP contribution >= 0.6 is 34.4 Å². The van der Waals surface area contributed by atoms with Gasteiger partial charge in [-0.2, -0.15) is 11.8 Å². The van der Waals surface area contributed by atoms with Crippen LogP contribution in [0.15, 0.2) is 24.3 Å². The van der Waals surface area contributed by atoms with Gasteiger partial charge in [-0.1, -0.05) is 18.2 Å². The molecule has 0 N–H and O–H groups in total. The van der Waals surface area contributed by atoms with Crippen LogP contribution < -0.4 is 4.74 Å². The number of carbonyl (C=O) groups excluding carboxylic acids is 1. The molecule has 0 bridgehead atoms. The molecule has 0 heterocycles. The summed E-state index contributed by atoms with van der Waals surface area (Å²) >= 11 is 3.33. The van der Waals surface area contributed by atoms with Crippen LogP contribution in [-0.2, 0) is 5.75 Å². The van der Waals surface area contributed by atoms with E-state index in [9.17, 15) is 4.79 Å². The Balaban J connectivity index is 2.84. The minimum absolute atomic E-state index is 0.300. The van der Waals surface area contributed by atoms with Crippen molar-refractivity contribution in [3.63, 3.8) is 0 Å². The molecule has 0 amide bonds. The Labute approximate surface area is 95.2 Å². The zero-order valence-corrected chi connectivity index (χ0v) is 10.1. The molecule has 0 aromatic heterocycles. The monoisotopic (exact) mass is 308 g/mol. The fraction of sp³-hybridized carbons (Fsp3) is 0.222. The van der Waals surface area contributed by atoms with Crippen molar-refractivity contribution in [3.05, 3.63) is 29.8 Å². The van der Waals surface area contributed by atoms with Gasteiger partial charge in [-0.15, -0.1) is 0 Å². The van der Waals surface area contributed by atoms with Crippen LogP contribution in [0.25, 0.3) is 0 Å².